The molecular weight excluding hydrogens is 362 g/mol. The van der Waals surface area contributed by atoms with Crippen molar-refractivity contribution in [2.45, 2.75) is 32.6 Å². The molecule has 1 aliphatic rings. The van der Waals surface area contributed by atoms with E-state index in [0.717, 1.165) is 30.0 Å². The molecule has 2 aromatic carbocycles. The molecule has 1 aromatic heterocycles. The molecule has 1 aliphatic heterocycles. The lowest BCUT2D eigenvalue weighted by Gasteiger charge is -2.30. The molecule has 2 heterocycles. The van der Waals surface area contributed by atoms with E-state index in [0.29, 0.717) is 30.0 Å². The third-order valence-corrected chi connectivity index (χ3v) is 5.57. The third kappa shape index (κ3) is 5.24. The second-order valence-electron chi connectivity index (χ2n) is 8.11. The number of nitrogens with zero attached hydrogens (tertiary/aromatic N) is 2. The van der Waals surface area contributed by atoms with Gasteiger partial charge in [-0.15, -0.1) is 0 Å². The highest BCUT2D eigenvalue weighted by atomic mass is 16.3. The largest absolute Gasteiger partial charge is 0.440 e. The van der Waals surface area contributed by atoms with Crippen LogP contribution in [0, 0.1) is 5.92 Å². The Bertz CT molecular complexity index is 951. The van der Waals surface area contributed by atoms with Crippen molar-refractivity contribution < 1.29 is 9.21 Å². The number of rotatable bonds is 7. The number of fused-ring (bicyclic) bond motifs is 1. The van der Waals surface area contributed by atoms with E-state index < -0.39 is 0 Å². The van der Waals surface area contributed by atoms with E-state index in [4.69, 9.17) is 4.42 Å². The van der Waals surface area contributed by atoms with Crippen LogP contribution >= 0.6 is 0 Å². The number of nitrogens with one attached hydrogen (secondary N) is 1. The van der Waals surface area contributed by atoms with E-state index in [1.165, 1.54) is 25.9 Å². The van der Waals surface area contributed by atoms with Crippen molar-refractivity contribution in [3.8, 4) is 0 Å². The predicted octanol–water partition coefficient (Wildman–Crippen LogP) is 4.27. The zero-order valence-corrected chi connectivity index (χ0v) is 17.1. The zero-order chi connectivity index (χ0) is 20.1. The summed E-state index contributed by atoms with van der Waals surface area (Å²) >= 11 is 0. The molecule has 1 fully saturated rings. The Kier molecular flexibility index (Phi) is 6.25. The molecule has 4 rings (SSSR count). The van der Waals surface area contributed by atoms with E-state index in [1.807, 2.05) is 30.3 Å². The lowest BCUT2D eigenvalue weighted by atomic mass is 10.0. The molecule has 1 saturated heterocycles. The molecule has 29 heavy (non-hydrogen) atoms. The minimum atomic E-state index is -0.0556. The number of oxazole rings is 1. The normalized spacial score (nSPS) is 17.5. The summed E-state index contributed by atoms with van der Waals surface area (Å²) in [6, 6.07) is 15.6. The molecule has 0 aliphatic carbocycles. The summed E-state index contributed by atoms with van der Waals surface area (Å²) in [6.07, 6.45) is 4.25. The molecule has 3 aromatic rings. The van der Waals surface area contributed by atoms with Crippen LogP contribution in [-0.2, 0) is 6.42 Å². The third-order valence-electron chi connectivity index (χ3n) is 5.57. The molecule has 0 radical (unpaired) electrons. The van der Waals surface area contributed by atoms with Crippen molar-refractivity contribution in [3.05, 3.63) is 65.5 Å². The average Bonchev–Trinajstić information content (AvgIpc) is 3.13. The van der Waals surface area contributed by atoms with Crippen LogP contribution in [0.5, 0.6) is 0 Å². The highest BCUT2D eigenvalue weighted by molar-refractivity contribution is 5.97. The lowest BCUT2D eigenvalue weighted by Crippen LogP contribution is -2.36. The monoisotopic (exact) mass is 391 g/mol. The van der Waals surface area contributed by atoms with Crippen LogP contribution in [-0.4, -0.2) is 42.0 Å². The molecule has 1 N–H and O–H groups in total. The maximum atomic E-state index is 12.5. The first-order chi connectivity index (χ1) is 14.2. The topological polar surface area (TPSA) is 58.4 Å². The summed E-state index contributed by atoms with van der Waals surface area (Å²) in [6.45, 7) is 6.43. The van der Waals surface area contributed by atoms with Crippen LogP contribution in [0.4, 0.5) is 0 Å². The highest BCUT2D eigenvalue weighted by Crippen LogP contribution is 2.19. The fraction of sp³-hybridized carbons (Fsp3) is 0.417. The van der Waals surface area contributed by atoms with Gasteiger partial charge in [0, 0.05) is 25.1 Å². The number of carbonyl (C=O) groups excluding carboxylic acids is 1. The Morgan fingerprint density at radius 1 is 1.24 bits per heavy atom. The highest BCUT2D eigenvalue weighted by Gasteiger charge is 2.16. The predicted molar refractivity (Wildman–Crippen MR) is 115 cm³/mol. The van der Waals surface area contributed by atoms with Gasteiger partial charge in [-0.05, 0) is 62.0 Å². The van der Waals surface area contributed by atoms with E-state index in [2.05, 4.69) is 34.3 Å². The van der Waals surface area contributed by atoms with Crippen LogP contribution in [0.15, 0.2) is 52.9 Å². The molecule has 0 saturated carbocycles. The number of amides is 1. The second kappa shape index (κ2) is 9.23. The van der Waals surface area contributed by atoms with Crippen molar-refractivity contribution >= 4 is 17.0 Å². The Hall–Kier alpha value is -2.66. The van der Waals surface area contributed by atoms with Crippen molar-refractivity contribution in [3.63, 3.8) is 0 Å². The van der Waals surface area contributed by atoms with Crippen LogP contribution < -0.4 is 5.32 Å². The van der Waals surface area contributed by atoms with E-state index >= 15 is 0 Å². The van der Waals surface area contributed by atoms with Crippen LogP contribution in [0.25, 0.3) is 11.1 Å². The number of likely N-dealkylation sites (tertiary alicyclic amines) is 1. The first-order valence-electron chi connectivity index (χ1n) is 10.6. The van der Waals surface area contributed by atoms with E-state index in [1.54, 1.807) is 6.07 Å². The van der Waals surface area contributed by atoms with E-state index in [9.17, 15) is 4.79 Å². The molecule has 152 valence electrons. The number of aromatic nitrogens is 1. The summed E-state index contributed by atoms with van der Waals surface area (Å²) in [7, 11) is 0. The van der Waals surface area contributed by atoms with Crippen molar-refractivity contribution in [2.75, 3.05) is 26.2 Å². The number of hydrogen-bond donors (Lipinski definition) is 1. The first kappa shape index (κ1) is 19.6. The van der Waals surface area contributed by atoms with Gasteiger partial charge in [-0.25, -0.2) is 4.98 Å². The van der Waals surface area contributed by atoms with Gasteiger partial charge in [0.25, 0.3) is 5.91 Å². The number of benzene rings is 2. The van der Waals surface area contributed by atoms with Gasteiger partial charge in [-0.3, -0.25) is 4.79 Å². The van der Waals surface area contributed by atoms with Crippen molar-refractivity contribution in [1.82, 2.24) is 15.2 Å². The summed E-state index contributed by atoms with van der Waals surface area (Å²) in [5.74, 6) is 1.40. The summed E-state index contributed by atoms with van der Waals surface area (Å²) in [5, 5.41) is 3.03. The lowest BCUT2D eigenvalue weighted by molar-refractivity contribution is 0.0950. The number of carbonyl (C=O) groups is 1. The summed E-state index contributed by atoms with van der Waals surface area (Å²) < 4.78 is 5.88. The average molecular weight is 392 g/mol. The minimum Gasteiger partial charge on any atom is -0.440 e. The summed E-state index contributed by atoms with van der Waals surface area (Å²) in [4.78, 5) is 19.5. The number of piperidine rings is 1. The van der Waals surface area contributed by atoms with Crippen molar-refractivity contribution in [1.29, 1.82) is 0 Å². The van der Waals surface area contributed by atoms with Gasteiger partial charge >= 0.3 is 0 Å². The van der Waals surface area contributed by atoms with Crippen LogP contribution in [0.1, 0.15) is 48.0 Å². The number of hydrogen-bond acceptors (Lipinski definition) is 4. The molecule has 5 heteroatoms. The van der Waals surface area contributed by atoms with Gasteiger partial charge in [0.05, 0.1) is 0 Å². The maximum absolute atomic E-state index is 12.5. The first-order valence-corrected chi connectivity index (χ1v) is 10.6. The van der Waals surface area contributed by atoms with Gasteiger partial charge in [0.2, 0.25) is 0 Å². The molecule has 0 unspecified atom stereocenters. The Morgan fingerprint density at radius 3 is 2.93 bits per heavy atom. The van der Waals surface area contributed by atoms with Gasteiger partial charge in [-0.1, -0.05) is 37.3 Å². The summed E-state index contributed by atoms with van der Waals surface area (Å²) in [5.41, 5.74) is 3.21. The maximum Gasteiger partial charge on any atom is 0.251 e. The zero-order valence-electron chi connectivity index (χ0n) is 17.1. The molecule has 0 spiro atoms. The second-order valence-corrected chi connectivity index (χ2v) is 8.11. The molecule has 1 atom stereocenters. The van der Waals surface area contributed by atoms with E-state index in [-0.39, 0.29) is 5.91 Å². The molecule has 5 nitrogen and oxygen atoms in total. The van der Waals surface area contributed by atoms with Crippen LogP contribution in [0.3, 0.4) is 0 Å². The van der Waals surface area contributed by atoms with Gasteiger partial charge in [0.1, 0.15) is 5.52 Å². The fourth-order valence-corrected chi connectivity index (χ4v) is 4.06. The van der Waals surface area contributed by atoms with Gasteiger partial charge in [0.15, 0.2) is 11.5 Å². The SMILES string of the molecule is C[C@@H]1CCCN(CCCNC(=O)c2ccc3nc(Cc4ccccc4)oc3c2)C1. The quantitative estimate of drug-likeness (QED) is 0.611. The van der Waals surface area contributed by atoms with Crippen molar-refractivity contribution in [2.24, 2.45) is 5.92 Å². The van der Waals surface area contributed by atoms with Gasteiger partial charge < -0.3 is 14.6 Å². The van der Waals surface area contributed by atoms with Crippen LogP contribution in [0.2, 0.25) is 0 Å². The minimum absolute atomic E-state index is 0.0556. The molecule has 1 amide bonds. The Labute approximate surface area is 172 Å². The standard InChI is InChI=1S/C24H29N3O2/c1-18-7-5-13-27(17-18)14-6-12-25-24(28)20-10-11-21-22(16-20)29-23(26-21)15-19-8-3-2-4-9-19/h2-4,8-11,16,18H,5-7,12-15,17H2,1H3,(H,25,28)/t18-/m1/s1. The smallest absolute Gasteiger partial charge is 0.251 e. The molecular formula is C24H29N3O2. The Morgan fingerprint density at radius 2 is 2.10 bits per heavy atom. The Balaban J connectivity index is 1.30. The fourth-order valence-electron chi connectivity index (χ4n) is 4.06. The van der Waals surface area contributed by atoms with Gasteiger partial charge in [-0.2, -0.15) is 0 Å². The molecule has 0 bridgehead atoms.